The number of methoxy groups -OCH3 is 2. The molecule has 2 aliphatic heterocycles. The van der Waals surface area contributed by atoms with Gasteiger partial charge in [-0.1, -0.05) is 47.0 Å². The van der Waals surface area contributed by atoms with Gasteiger partial charge in [-0.05, 0) is 51.5 Å². The maximum Gasteiger partial charge on any atom is 0.329 e. The highest BCUT2D eigenvalue weighted by Gasteiger charge is 2.34. The van der Waals surface area contributed by atoms with Crippen LogP contribution in [0.15, 0.2) is 72.6 Å². The number of hydrogen-bond donors (Lipinski definition) is 0. The smallest absolute Gasteiger partial charge is 0.329 e. The van der Waals surface area contributed by atoms with Crippen LogP contribution in [-0.2, 0) is 19.1 Å². The van der Waals surface area contributed by atoms with Crippen LogP contribution in [-0.4, -0.2) is 59.9 Å². The van der Waals surface area contributed by atoms with Crippen molar-refractivity contribution in [1.29, 1.82) is 0 Å². The molecule has 0 bridgehead atoms. The number of esters is 2. The largest absolute Gasteiger partial charge is 0.467 e. The van der Waals surface area contributed by atoms with Crippen molar-refractivity contribution in [3.8, 4) is 0 Å². The van der Waals surface area contributed by atoms with Gasteiger partial charge in [0.25, 0.3) is 11.8 Å². The summed E-state index contributed by atoms with van der Waals surface area (Å²) in [7, 11) is 2.67. The number of hydrogen-bond acceptors (Lipinski definition) is 6. The molecule has 2 aromatic rings. The number of carbonyl (C=O) groups excluding carboxylic acids is 4. The number of rotatable bonds is 4. The number of amides is 2. The molecule has 0 radical (unpaired) electrons. The minimum atomic E-state index is -0.543. The molecule has 0 spiro atoms. The average Bonchev–Trinajstić information content (AvgIpc) is 3.55. The quantitative estimate of drug-likeness (QED) is 0.580. The van der Waals surface area contributed by atoms with Crippen LogP contribution < -0.4 is 0 Å². The summed E-state index contributed by atoms with van der Waals surface area (Å²) < 4.78 is 9.45. The zero-order valence-corrected chi connectivity index (χ0v) is 21.8. The van der Waals surface area contributed by atoms with E-state index in [4.69, 9.17) is 9.47 Å². The molecule has 4 rings (SSSR count). The Morgan fingerprint density at radius 1 is 0.703 bits per heavy atom. The second-order valence-electron chi connectivity index (χ2n) is 9.03. The van der Waals surface area contributed by atoms with Gasteiger partial charge in [-0.25, -0.2) is 9.59 Å². The number of benzene rings is 2. The first kappa shape index (κ1) is 27.4. The molecule has 2 atom stereocenters. The SMILES string of the molecule is COC(=O)[C@@H]1CC(C)=CN1C(=O)c1ccc(C)cc1.COC(=O)[C@@H]1CC=CN1C(=O)c1ccc(C)cc1. The van der Waals surface area contributed by atoms with Crippen LogP contribution in [0.5, 0.6) is 0 Å². The third kappa shape index (κ3) is 6.52. The number of nitrogens with zero attached hydrogens (tertiary/aromatic N) is 2. The van der Waals surface area contributed by atoms with Gasteiger partial charge in [-0.2, -0.15) is 0 Å². The molecule has 8 nitrogen and oxygen atoms in total. The average molecular weight is 505 g/mol. The van der Waals surface area contributed by atoms with Gasteiger partial charge in [-0.3, -0.25) is 9.59 Å². The van der Waals surface area contributed by atoms with E-state index >= 15 is 0 Å². The fourth-order valence-corrected chi connectivity index (χ4v) is 4.08. The van der Waals surface area contributed by atoms with Crippen LogP contribution in [0.4, 0.5) is 0 Å². The van der Waals surface area contributed by atoms with Crippen molar-refractivity contribution in [3.63, 3.8) is 0 Å². The van der Waals surface area contributed by atoms with Crippen molar-refractivity contribution < 1.29 is 28.7 Å². The number of ether oxygens (including phenoxy) is 2. The Morgan fingerprint density at radius 3 is 1.65 bits per heavy atom. The van der Waals surface area contributed by atoms with Crippen LogP contribution >= 0.6 is 0 Å². The van der Waals surface area contributed by atoms with Crippen LogP contribution in [0.1, 0.15) is 51.6 Å². The van der Waals surface area contributed by atoms with Crippen LogP contribution in [0.3, 0.4) is 0 Å². The van der Waals surface area contributed by atoms with Gasteiger partial charge >= 0.3 is 11.9 Å². The summed E-state index contributed by atoms with van der Waals surface area (Å²) in [6.45, 7) is 5.82. The van der Waals surface area contributed by atoms with Crippen LogP contribution in [0, 0.1) is 13.8 Å². The highest BCUT2D eigenvalue weighted by molar-refractivity contribution is 5.98. The van der Waals surface area contributed by atoms with Gasteiger partial charge in [0.05, 0.1) is 14.2 Å². The molecule has 0 saturated carbocycles. The first-order chi connectivity index (χ1) is 17.7. The van der Waals surface area contributed by atoms with E-state index in [1.54, 1.807) is 42.7 Å². The van der Waals surface area contributed by atoms with Crippen molar-refractivity contribution >= 4 is 23.8 Å². The van der Waals surface area contributed by atoms with E-state index in [1.807, 2.05) is 45.0 Å². The summed E-state index contributed by atoms with van der Waals surface area (Å²) in [6, 6.07) is 13.5. The Hall–Kier alpha value is -4.20. The monoisotopic (exact) mass is 504 g/mol. The number of aryl methyl sites for hydroxylation is 2. The molecule has 0 N–H and O–H groups in total. The molecule has 37 heavy (non-hydrogen) atoms. The van der Waals surface area contributed by atoms with E-state index in [2.05, 4.69) is 0 Å². The molecule has 8 heteroatoms. The third-order valence-corrected chi connectivity index (χ3v) is 6.18. The van der Waals surface area contributed by atoms with Crippen molar-refractivity contribution in [1.82, 2.24) is 9.80 Å². The summed E-state index contributed by atoms with van der Waals surface area (Å²) in [6.07, 6.45) is 6.20. The van der Waals surface area contributed by atoms with E-state index in [0.717, 1.165) is 16.7 Å². The summed E-state index contributed by atoms with van der Waals surface area (Å²) in [5, 5.41) is 0. The summed E-state index contributed by atoms with van der Waals surface area (Å²) in [5.74, 6) is -1.12. The Bertz CT molecular complexity index is 1210. The standard InChI is InChI=1S/C15H17NO3.C14H15NO3/c1-10-4-6-12(7-5-10)14(17)16-9-11(2)8-13(16)15(18)19-3;1-10-5-7-11(8-6-10)13(16)15-9-3-4-12(15)14(17)18-2/h4-7,9,13H,8H2,1-3H3;3,5-9,12H,4H2,1-2H3/t13-;12-/m00/s1. The normalized spacial score (nSPS) is 18.0. The molecule has 0 aliphatic carbocycles. The Morgan fingerprint density at radius 2 is 1.16 bits per heavy atom. The molecule has 0 saturated heterocycles. The predicted octanol–water partition coefficient (Wildman–Crippen LogP) is 4.18. The summed E-state index contributed by atoms with van der Waals surface area (Å²) >= 11 is 0. The fourth-order valence-electron chi connectivity index (χ4n) is 4.08. The van der Waals surface area contributed by atoms with Gasteiger partial charge in [0.2, 0.25) is 0 Å². The second kappa shape index (κ2) is 12.2. The summed E-state index contributed by atoms with van der Waals surface area (Å²) in [5.41, 5.74) is 4.32. The molecule has 0 fully saturated rings. The lowest BCUT2D eigenvalue weighted by Gasteiger charge is -2.21. The maximum absolute atomic E-state index is 12.4. The minimum absolute atomic E-state index is 0.174. The topological polar surface area (TPSA) is 93.2 Å². The lowest BCUT2D eigenvalue weighted by atomic mass is 10.1. The van der Waals surface area contributed by atoms with Gasteiger partial charge in [0.15, 0.2) is 0 Å². The van der Waals surface area contributed by atoms with Gasteiger partial charge < -0.3 is 19.3 Å². The Labute approximate surface area is 217 Å². The fraction of sp³-hybridized carbons (Fsp3) is 0.310. The molecule has 0 aromatic heterocycles. The highest BCUT2D eigenvalue weighted by Crippen LogP contribution is 2.24. The zero-order chi connectivity index (χ0) is 27.1. The van der Waals surface area contributed by atoms with Crippen molar-refractivity contribution in [2.45, 2.75) is 45.7 Å². The number of carbonyl (C=O) groups is 4. The molecule has 0 unspecified atom stereocenters. The lowest BCUT2D eigenvalue weighted by molar-refractivity contribution is -0.145. The predicted molar refractivity (Wildman–Crippen MR) is 138 cm³/mol. The zero-order valence-electron chi connectivity index (χ0n) is 21.8. The van der Waals surface area contributed by atoms with E-state index in [-0.39, 0.29) is 23.8 Å². The van der Waals surface area contributed by atoms with Crippen molar-refractivity contribution in [3.05, 3.63) is 94.8 Å². The first-order valence-corrected chi connectivity index (χ1v) is 11.9. The van der Waals surface area contributed by atoms with Crippen LogP contribution in [0.25, 0.3) is 0 Å². The minimum Gasteiger partial charge on any atom is -0.467 e. The molecule has 2 heterocycles. The highest BCUT2D eigenvalue weighted by atomic mass is 16.5. The maximum atomic E-state index is 12.4. The molecule has 2 aromatic carbocycles. The Kier molecular flexibility index (Phi) is 9.00. The molecular weight excluding hydrogens is 472 g/mol. The first-order valence-electron chi connectivity index (χ1n) is 11.9. The molecular formula is C29H32N2O6. The summed E-state index contributed by atoms with van der Waals surface area (Å²) in [4.78, 5) is 50.8. The molecule has 2 aliphatic rings. The van der Waals surface area contributed by atoms with Gasteiger partial charge in [-0.15, -0.1) is 0 Å². The van der Waals surface area contributed by atoms with Crippen molar-refractivity contribution in [2.75, 3.05) is 14.2 Å². The Balaban J connectivity index is 0.000000206. The third-order valence-electron chi connectivity index (χ3n) is 6.18. The van der Waals surface area contributed by atoms with Gasteiger partial charge in [0.1, 0.15) is 12.1 Å². The molecule has 2 amide bonds. The van der Waals surface area contributed by atoms with E-state index in [9.17, 15) is 19.2 Å². The molecule has 194 valence electrons. The van der Waals surface area contributed by atoms with Crippen molar-refractivity contribution in [2.24, 2.45) is 0 Å². The second-order valence-corrected chi connectivity index (χ2v) is 9.03. The lowest BCUT2D eigenvalue weighted by Crippen LogP contribution is -2.39. The van der Waals surface area contributed by atoms with Crippen LogP contribution in [0.2, 0.25) is 0 Å². The van der Waals surface area contributed by atoms with E-state index < -0.39 is 12.1 Å². The van der Waals surface area contributed by atoms with Gasteiger partial charge in [0, 0.05) is 29.9 Å². The van der Waals surface area contributed by atoms with E-state index in [1.165, 1.54) is 24.0 Å². The van der Waals surface area contributed by atoms with E-state index in [0.29, 0.717) is 24.0 Å².